The number of rotatable bonds is 2. The second-order valence-electron chi connectivity index (χ2n) is 13.8. The molecule has 11 rings (SSSR count). The number of nitro groups is 2. The van der Waals surface area contributed by atoms with Gasteiger partial charge in [-0.25, -0.2) is 9.97 Å². The van der Waals surface area contributed by atoms with Crippen LogP contribution in [0.2, 0.25) is 0 Å². The van der Waals surface area contributed by atoms with E-state index in [0.29, 0.717) is 78.6 Å². The van der Waals surface area contributed by atoms with E-state index in [2.05, 4.69) is 23.7 Å². The Balaban J connectivity index is 1.27. The number of hydrogen-bond acceptors (Lipinski definition) is 8. The number of nitrogens with zero attached hydrogens (tertiary/aromatic N) is 6. The highest BCUT2D eigenvalue weighted by Crippen LogP contribution is 2.46. The van der Waals surface area contributed by atoms with E-state index in [1.807, 2.05) is 50.2 Å². The first-order valence-corrected chi connectivity index (χ1v) is 17.9. The second-order valence-corrected chi connectivity index (χ2v) is 13.8. The largest absolute Gasteiger partial charge is 0.298 e. The number of benzene rings is 7. The average Bonchev–Trinajstić information content (AvgIpc) is 3.79. The van der Waals surface area contributed by atoms with Crippen molar-refractivity contribution < 1.29 is 9.85 Å². The van der Waals surface area contributed by atoms with Crippen molar-refractivity contribution >= 4 is 109 Å². The maximum atomic E-state index is 14.5. The molecule has 4 heterocycles. The number of fused-ring (bicyclic) bond motifs is 10. The lowest BCUT2D eigenvalue weighted by Gasteiger charge is -2.18. The molecule has 12 nitrogen and oxygen atoms in total. The highest BCUT2D eigenvalue weighted by Gasteiger charge is 2.27. The summed E-state index contributed by atoms with van der Waals surface area (Å²) in [4.78, 5) is 61.9. The fourth-order valence-corrected chi connectivity index (χ4v) is 8.75. The standard InChI is InChI=1S/C44H22N6O6/c1-3-5-7-21-17-31-39(33(19-21)49(53)54)45-41-27-13-9-23-26-12-16-30-38-28(14-10-24(36(26)38)25-11-15-29(37(27)35(23)25)43(51)47(31)41)42-46-40-32(48(42)44(30)52)18-22(8-6-4-2)20-34(40)50(55)56/h9-20H,3-4H2,1-2H3. The lowest BCUT2D eigenvalue weighted by Crippen LogP contribution is -2.14. The molecule has 11 aromatic rings. The van der Waals surface area contributed by atoms with E-state index in [4.69, 9.17) is 9.97 Å². The maximum absolute atomic E-state index is 14.5. The van der Waals surface area contributed by atoms with Gasteiger partial charge in [-0.2, -0.15) is 0 Å². The zero-order valence-corrected chi connectivity index (χ0v) is 29.5. The molecular formula is C44H22N6O6. The Kier molecular flexibility index (Phi) is 6.09. The van der Waals surface area contributed by atoms with E-state index in [9.17, 15) is 29.8 Å². The SMILES string of the molecule is CCC#Cc1cc([N+](=O)[O-])c2nc3c4ccc5c6ccc7c(=O)n8c9cc(C#CCC)cc([N+](=O)[O-])c9nc8c8ccc(c9ccc(c(=O)n3c2c1)c4c95)c6c78. The van der Waals surface area contributed by atoms with Gasteiger partial charge in [0.05, 0.1) is 20.9 Å². The van der Waals surface area contributed by atoms with Crippen molar-refractivity contribution in [2.45, 2.75) is 26.7 Å². The van der Waals surface area contributed by atoms with Crippen LogP contribution in [0.1, 0.15) is 37.8 Å². The number of hydrogen-bond donors (Lipinski definition) is 0. The minimum atomic E-state index is -0.499. The number of imidazole rings is 2. The summed E-state index contributed by atoms with van der Waals surface area (Å²) in [6.07, 6.45) is 1.13. The molecule has 0 aliphatic rings. The van der Waals surface area contributed by atoms with Crippen LogP contribution in [0.5, 0.6) is 0 Å². The minimum absolute atomic E-state index is 0.105. The van der Waals surface area contributed by atoms with Gasteiger partial charge in [-0.15, -0.1) is 0 Å². The zero-order chi connectivity index (χ0) is 38.3. The molecule has 0 fully saturated rings. The average molecular weight is 731 g/mol. The Morgan fingerprint density at radius 1 is 0.536 bits per heavy atom. The summed E-state index contributed by atoms with van der Waals surface area (Å²) in [5.74, 6) is 11.8. The molecule has 0 spiro atoms. The maximum Gasteiger partial charge on any atom is 0.298 e. The van der Waals surface area contributed by atoms with Crippen LogP contribution in [-0.4, -0.2) is 28.6 Å². The molecule has 56 heavy (non-hydrogen) atoms. The van der Waals surface area contributed by atoms with Gasteiger partial charge in [0, 0.05) is 68.4 Å². The van der Waals surface area contributed by atoms with Crippen LogP contribution in [0, 0.1) is 43.9 Å². The van der Waals surface area contributed by atoms with Crippen molar-refractivity contribution in [3.8, 4) is 23.7 Å². The third kappa shape index (κ3) is 3.84. The van der Waals surface area contributed by atoms with E-state index < -0.39 is 9.85 Å². The predicted octanol–water partition coefficient (Wildman–Crippen LogP) is 8.58. The van der Waals surface area contributed by atoms with Crippen LogP contribution in [0.25, 0.3) is 98.0 Å². The van der Waals surface area contributed by atoms with Crippen LogP contribution in [-0.2, 0) is 0 Å². The number of aromatic nitrogens is 4. The fourth-order valence-electron chi connectivity index (χ4n) is 8.75. The molecule has 0 N–H and O–H groups in total. The van der Waals surface area contributed by atoms with Gasteiger partial charge in [-0.1, -0.05) is 61.8 Å². The molecule has 0 aliphatic carbocycles. The number of pyridine rings is 2. The third-order valence-electron chi connectivity index (χ3n) is 10.9. The minimum Gasteiger partial charge on any atom is -0.268 e. The van der Waals surface area contributed by atoms with Crippen molar-refractivity contribution in [3.63, 3.8) is 0 Å². The molecule has 0 radical (unpaired) electrons. The Hall–Kier alpha value is -7.96. The van der Waals surface area contributed by atoms with E-state index in [0.717, 1.165) is 32.3 Å². The predicted molar refractivity (Wildman–Crippen MR) is 218 cm³/mol. The van der Waals surface area contributed by atoms with Crippen LogP contribution in [0.3, 0.4) is 0 Å². The van der Waals surface area contributed by atoms with Crippen molar-refractivity contribution in [2.75, 3.05) is 0 Å². The van der Waals surface area contributed by atoms with Crippen LogP contribution in [0.15, 0.2) is 82.4 Å². The molecule has 4 aromatic heterocycles. The zero-order valence-electron chi connectivity index (χ0n) is 29.5. The lowest BCUT2D eigenvalue weighted by molar-refractivity contribution is -0.383. The van der Waals surface area contributed by atoms with Gasteiger partial charge in [0.25, 0.3) is 22.5 Å². The van der Waals surface area contributed by atoms with Gasteiger partial charge in [-0.05, 0) is 68.7 Å². The first-order chi connectivity index (χ1) is 27.2. The smallest absolute Gasteiger partial charge is 0.268 e. The molecule has 12 heteroatoms. The van der Waals surface area contributed by atoms with E-state index in [1.165, 1.54) is 20.9 Å². The van der Waals surface area contributed by atoms with Crippen molar-refractivity contribution in [3.05, 3.63) is 125 Å². The molecule has 0 unspecified atom stereocenters. The first-order valence-electron chi connectivity index (χ1n) is 17.9. The monoisotopic (exact) mass is 730 g/mol. The van der Waals surface area contributed by atoms with E-state index in [-0.39, 0.29) is 33.5 Å². The van der Waals surface area contributed by atoms with Gasteiger partial charge >= 0.3 is 0 Å². The first kappa shape index (κ1) is 31.6. The van der Waals surface area contributed by atoms with Gasteiger partial charge in [0.15, 0.2) is 11.0 Å². The summed E-state index contributed by atoms with van der Waals surface area (Å²) in [5.41, 5.74) is 1.14. The molecule has 0 bridgehead atoms. The van der Waals surface area contributed by atoms with Gasteiger partial charge < -0.3 is 0 Å². The molecule has 0 saturated heterocycles. The molecule has 0 amide bonds. The Labute approximate surface area is 312 Å². The summed E-state index contributed by atoms with van der Waals surface area (Å²) in [5, 5.41) is 33.1. The molecular weight excluding hydrogens is 709 g/mol. The molecule has 0 atom stereocenters. The molecule has 0 saturated carbocycles. The highest BCUT2D eigenvalue weighted by atomic mass is 16.6. The van der Waals surface area contributed by atoms with Crippen molar-refractivity contribution in [2.24, 2.45) is 0 Å². The molecule has 7 aromatic carbocycles. The lowest BCUT2D eigenvalue weighted by atomic mass is 9.86. The number of non-ortho nitro benzene ring substituents is 2. The summed E-state index contributed by atoms with van der Waals surface area (Å²) in [7, 11) is 0. The van der Waals surface area contributed by atoms with E-state index in [1.54, 1.807) is 24.3 Å². The topological polar surface area (TPSA) is 155 Å². The summed E-state index contributed by atoms with van der Waals surface area (Å²) in [6.45, 7) is 3.77. The quantitative estimate of drug-likeness (QED) is 0.0563. The van der Waals surface area contributed by atoms with Crippen molar-refractivity contribution in [1.82, 2.24) is 18.8 Å². The summed E-state index contributed by atoms with van der Waals surface area (Å²) in [6, 6.07) is 21.2. The summed E-state index contributed by atoms with van der Waals surface area (Å²) < 4.78 is 2.89. The number of nitro benzene ring substituents is 2. The third-order valence-corrected chi connectivity index (χ3v) is 10.9. The van der Waals surface area contributed by atoms with Crippen molar-refractivity contribution in [1.29, 1.82) is 0 Å². The molecule has 264 valence electrons. The van der Waals surface area contributed by atoms with Gasteiger partial charge in [0.1, 0.15) is 11.3 Å². The van der Waals surface area contributed by atoms with Crippen LogP contribution >= 0.6 is 0 Å². The van der Waals surface area contributed by atoms with E-state index >= 15 is 0 Å². The van der Waals surface area contributed by atoms with Crippen LogP contribution in [0.4, 0.5) is 11.4 Å². The highest BCUT2D eigenvalue weighted by molar-refractivity contribution is 6.40. The molecule has 0 aliphatic heterocycles. The Morgan fingerprint density at radius 2 is 0.875 bits per heavy atom. The normalized spacial score (nSPS) is 12.0. The Bertz CT molecular complexity index is 3640. The fraction of sp³-hybridized carbons (Fsp3) is 0.0909. The van der Waals surface area contributed by atoms with Gasteiger partial charge in [-0.3, -0.25) is 38.6 Å². The summed E-state index contributed by atoms with van der Waals surface area (Å²) >= 11 is 0. The van der Waals surface area contributed by atoms with Gasteiger partial charge in [0.2, 0.25) is 0 Å². The van der Waals surface area contributed by atoms with Crippen LogP contribution < -0.4 is 11.1 Å². The Morgan fingerprint density at radius 3 is 1.23 bits per heavy atom. The second kappa shape index (κ2) is 10.8.